The standard InChI is InChI=1S/C28H43NO11/c1-10-27(6,7)39-25(33)37-19-13-12-18(14-20(19)38-26(34)40-28(8,9)11-2)21(22(29)23(30)31)17(5)15-35-24(32)36-16(3)4/h12-14,16-17,21-22H,10-11,15,29H2,1-9H3,(H,30,31)/t17?,21?,22-/m0/s1. The molecule has 0 aliphatic carbocycles. The van der Waals surface area contributed by atoms with Gasteiger partial charge in [0.15, 0.2) is 11.5 Å². The Morgan fingerprint density at radius 3 is 1.80 bits per heavy atom. The van der Waals surface area contributed by atoms with Gasteiger partial charge in [0.1, 0.15) is 17.2 Å². The molecule has 0 saturated heterocycles. The topological polar surface area (TPSA) is 170 Å². The number of nitrogens with two attached hydrogens (primary N) is 1. The first-order valence-corrected chi connectivity index (χ1v) is 13.2. The lowest BCUT2D eigenvalue weighted by Gasteiger charge is -2.28. The van der Waals surface area contributed by atoms with E-state index >= 15 is 0 Å². The van der Waals surface area contributed by atoms with Crippen LogP contribution in [0.15, 0.2) is 18.2 Å². The molecule has 40 heavy (non-hydrogen) atoms. The van der Waals surface area contributed by atoms with Crippen LogP contribution in [0.2, 0.25) is 0 Å². The van der Waals surface area contributed by atoms with Crippen molar-refractivity contribution in [2.75, 3.05) is 6.61 Å². The molecule has 1 aromatic rings. The number of carbonyl (C=O) groups excluding carboxylic acids is 3. The molecule has 12 nitrogen and oxygen atoms in total. The van der Waals surface area contributed by atoms with Gasteiger partial charge in [0.25, 0.3) is 0 Å². The predicted octanol–water partition coefficient (Wildman–Crippen LogP) is 5.79. The van der Waals surface area contributed by atoms with Crippen LogP contribution in [0.1, 0.15) is 86.6 Å². The van der Waals surface area contributed by atoms with Crippen molar-refractivity contribution in [2.24, 2.45) is 11.7 Å². The number of hydrogen-bond acceptors (Lipinski definition) is 11. The number of carboxylic acids is 1. The average molecular weight is 570 g/mol. The number of ether oxygens (including phenoxy) is 6. The molecule has 0 aromatic heterocycles. The number of carbonyl (C=O) groups is 4. The van der Waals surface area contributed by atoms with Crippen LogP contribution in [0.4, 0.5) is 14.4 Å². The van der Waals surface area contributed by atoms with E-state index in [4.69, 9.17) is 34.2 Å². The zero-order valence-electron chi connectivity index (χ0n) is 24.8. The summed E-state index contributed by atoms with van der Waals surface area (Å²) in [6.45, 7) is 15.2. The molecule has 3 atom stereocenters. The number of rotatable bonds is 13. The van der Waals surface area contributed by atoms with Gasteiger partial charge in [-0.2, -0.15) is 0 Å². The summed E-state index contributed by atoms with van der Waals surface area (Å²) in [5, 5.41) is 9.68. The maximum absolute atomic E-state index is 12.6. The molecule has 2 unspecified atom stereocenters. The highest BCUT2D eigenvalue weighted by molar-refractivity contribution is 5.75. The second-order valence-electron chi connectivity index (χ2n) is 10.9. The van der Waals surface area contributed by atoms with Gasteiger partial charge in [-0.25, -0.2) is 14.4 Å². The summed E-state index contributed by atoms with van der Waals surface area (Å²) in [5.74, 6) is -3.24. The molecule has 1 rings (SSSR count). The number of aliphatic carboxylic acids is 1. The maximum atomic E-state index is 12.6. The minimum absolute atomic E-state index is 0.168. The summed E-state index contributed by atoms with van der Waals surface area (Å²) >= 11 is 0. The Labute approximate surface area is 235 Å². The summed E-state index contributed by atoms with van der Waals surface area (Å²) in [6.07, 6.45) is -2.40. The van der Waals surface area contributed by atoms with Gasteiger partial charge >= 0.3 is 24.4 Å². The van der Waals surface area contributed by atoms with Crippen molar-refractivity contribution in [1.29, 1.82) is 0 Å². The van der Waals surface area contributed by atoms with Crippen LogP contribution in [0.25, 0.3) is 0 Å². The molecule has 0 spiro atoms. The first-order chi connectivity index (χ1) is 18.4. The van der Waals surface area contributed by atoms with Crippen LogP contribution in [0.5, 0.6) is 11.5 Å². The average Bonchev–Trinajstić information content (AvgIpc) is 2.83. The highest BCUT2D eigenvalue weighted by Gasteiger charge is 2.33. The molecule has 0 aliphatic rings. The molecule has 0 heterocycles. The van der Waals surface area contributed by atoms with E-state index < -0.39 is 59.6 Å². The Morgan fingerprint density at radius 1 is 0.850 bits per heavy atom. The van der Waals surface area contributed by atoms with E-state index in [0.29, 0.717) is 18.4 Å². The summed E-state index contributed by atoms with van der Waals surface area (Å²) in [4.78, 5) is 48.9. The molecule has 226 valence electrons. The molecule has 0 radical (unpaired) electrons. The van der Waals surface area contributed by atoms with Crippen LogP contribution in [0, 0.1) is 5.92 Å². The monoisotopic (exact) mass is 569 g/mol. The minimum atomic E-state index is -1.43. The van der Waals surface area contributed by atoms with Gasteiger partial charge in [-0.3, -0.25) is 4.79 Å². The lowest BCUT2D eigenvalue weighted by atomic mass is 9.82. The van der Waals surface area contributed by atoms with Crippen LogP contribution in [-0.4, -0.2) is 59.5 Å². The fourth-order valence-electron chi connectivity index (χ4n) is 3.29. The zero-order chi connectivity index (χ0) is 30.8. The Hall–Kier alpha value is -3.54. The molecule has 0 saturated carbocycles. The van der Waals surface area contributed by atoms with Gasteiger partial charge in [-0.15, -0.1) is 0 Å². The van der Waals surface area contributed by atoms with Crippen molar-refractivity contribution in [1.82, 2.24) is 0 Å². The van der Waals surface area contributed by atoms with Crippen molar-refractivity contribution in [3.8, 4) is 11.5 Å². The predicted molar refractivity (Wildman–Crippen MR) is 144 cm³/mol. The summed E-state index contributed by atoms with van der Waals surface area (Å²) in [5.41, 5.74) is 4.69. The van der Waals surface area contributed by atoms with Crippen LogP contribution >= 0.6 is 0 Å². The molecule has 1 aromatic carbocycles. The lowest BCUT2D eigenvalue weighted by Crippen LogP contribution is -2.40. The van der Waals surface area contributed by atoms with Gasteiger partial charge < -0.3 is 39.3 Å². The zero-order valence-corrected chi connectivity index (χ0v) is 24.8. The Bertz CT molecular complexity index is 1040. The van der Waals surface area contributed by atoms with E-state index in [-0.39, 0.29) is 18.1 Å². The first kappa shape index (κ1) is 34.5. The molecule has 3 N–H and O–H groups in total. The molecule has 0 bridgehead atoms. The van der Waals surface area contributed by atoms with Crippen molar-refractivity contribution in [3.05, 3.63) is 23.8 Å². The van der Waals surface area contributed by atoms with E-state index in [2.05, 4.69) is 0 Å². The molecule has 0 aliphatic heterocycles. The normalized spacial score (nSPS) is 14.0. The third kappa shape index (κ3) is 11.3. The SMILES string of the molecule is CCC(C)(C)OC(=O)Oc1ccc(C(C(C)COC(=O)OC(C)C)[C@H](N)C(=O)O)cc1OC(=O)OC(C)(C)CC. The van der Waals surface area contributed by atoms with Gasteiger partial charge in [-0.1, -0.05) is 26.8 Å². The molecular formula is C28H43NO11. The molecular weight excluding hydrogens is 526 g/mol. The number of benzene rings is 1. The van der Waals surface area contributed by atoms with Crippen LogP contribution in [0.3, 0.4) is 0 Å². The van der Waals surface area contributed by atoms with Gasteiger partial charge in [-0.05, 0) is 78.0 Å². The number of carboxylic acid groups (broad SMARTS) is 1. The van der Waals surface area contributed by atoms with Crippen molar-refractivity contribution >= 4 is 24.4 Å². The third-order valence-electron chi connectivity index (χ3n) is 6.24. The van der Waals surface area contributed by atoms with Crippen molar-refractivity contribution in [2.45, 2.75) is 104 Å². The fraction of sp³-hybridized carbons (Fsp3) is 0.643. The highest BCUT2D eigenvalue weighted by atomic mass is 16.8. The number of hydrogen-bond donors (Lipinski definition) is 2. The molecule has 0 fully saturated rings. The van der Waals surface area contributed by atoms with Gasteiger partial charge in [0, 0.05) is 5.92 Å². The highest BCUT2D eigenvalue weighted by Crippen LogP contribution is 2.36. The summed E-state index contributed by atoms with van der Waals surface area (Å²) in [7, 11) is 0. The van der Waals surface area contributed by atoms with Crippen molar-refractivity contribution < 1.29 is 52.7 Å². The fourth-order valence-corrected chi connectivity index (χ4v) is 3.29. The van der Waals surface area contributed by atoms with E-state index in [1.165, 1.54) is 18.2 Å². The van der Waals surface area contributed by atoms with Gasteiger partial charge in [0.05, 0.1) is 12.7 Å². The molecule has 12 heteroatoms. The second-order valence-corrected chi connectivity index (χ2v) is 10.9. The molecule has 0 amide bonds. The van der Waals surface area contributed by atoms with E-state index in [0.717, 1.165) is 0 Å². The maximum Gasteiger partial charge on any atom is 0.514 e. The van der Waals surface area contributed by atoms with Crippen LogP contribution in [-0.2, 0) is 23.7 Å². The largest absolute Gasteiger partial charge is 0.514 e. The lowest BCUT2D eigenvalue weighted by molar-refractivity contribution is -0.139. The summed E-state index contributed by atoms with van der Waals surface area (Å²) in [6, 6.07) is 2.69. The van der Waals surface area contributed by atoms with E-state index in [9.17, 15) is 24.3 Å². The summed E-state index contributed by atoms with van der Waals surface area (Å²) < 4.78 is 31.5. The van der Waals surface area contributed by atoms with Gasteiger partial charge in [0.2, 0.25) is 0 Å². The Morgan fingerprint density at radius 2 is 1.35 bits per heavy atom. The van der Waals surface area contributed by atoms with Crippen molar-refractivity contribution in [3.63, 3.8) is 0 Å². The van der Waals surface area contributed by atoms with E-state index in [1.54, 1.807) is 48.5 Å². The first-order valence-electron chi connectivity index (χ1n) is 13.2. The second kappa shape index (κ2) is 14.7. The Balaban J connectivity index is 3.44. The minimum Gasteiger partial charge on any atom is -0.480 e. The van der Waals surface area contributed by atoms with Crippen LogP contribution < -0.4 is 15.2 Å². The van der Waals surface area contributed by atoms with E-state index in [1.807, 2.05) is 13.8 Å². The smallest absolute Gasteiger partial charge is 0.480 e. The quantitative estimate of drug-likeness (QED) is 0.167. The third-order valence-corrected chi connectivity index (χ3v) is 6.24. The Kier molecular flexibility index (Phi) is 12.7.